The van der Waals surface area contributed by atoms with Gasteiger partial charge in [0.2, 0.25) is 15.9 Å². The van der Waals surface area contributed by atoms with Gasteiger partial charge in [0.1, 0.15) is 11.6 Å². The normalized spacial score (nSPS) is 15.0. The van der Waals surface area contributed by atoms with Gasteiger partial charge in [-0.1, -0.05) is 12.1 Å². The maximum Gasteiger partial charge on any atom is 0.243 e. The number of imidazole rings is 1. The van der Waals surface area contributed by atoms with Gasteiger partial charge in [-0.15, -0.1) is 0 Å². The summed E-state index contributed by atoms with van der Waals surface area (Å²) in [6.07, 6.45) is 5.00. The lowest BCUT2D eigenvalue weighted by molar-refractivity contribution is -0.120. The molecule has 10 nitrogen and oxygen atoms in total. The Kier molecular flexibility index (Phi) is 6.66. The molecule has 0 bridgehead atoms. The van der Waals surface area contributed by atoms with E-state index in [1.54, 1.807) is 43.8 Å². The van der Waals surface area contributed by atoms with Crippen LogP contribution in [0.2, 0.25) is 0 Å². The molecule has 186 valence electrons. The van der Waals surface area contributed by atoms with Crippen LogP contribution in [0.1, 0.15) is 17.9 Å². The molecule has 0 saturated carbocycles. The van der Waals surface area contributed by atoms with Crippen LogP contribution in [0, 0.1) is 0 Å². The summed E-state index contributed by atoms with van der Waals surface area (Å²) in [5.74, 6) is 1.45. The number of hydrogen-bond donors (Lipinski definition) is 2. The SMILES string of the molecule is COc1ccnc(CCc2nc3ncc(-c4ccc(S(=O)(=O)N5CCNC(=O)CC5)cc4)cc3[nH]2)c1. The van der Waals surface area contributed by atoms with Gasteiger partial charge in [-0.25, -0.2) is 18.4 Å². The van der Waals surface area contributed by atoms with Crippen molar-refractivity contribution in [1.82, 2.24) is 29.6 Å². The van der Waals surface area contributed by atoms with Crippen molar-refractivity contribution in [3.63, 3.8) is 0 Å². The summed E-state index contributed by atoms with van der Waals surface area (Å²) in [4.78, 5) is 28.5. The Hall–Kier alpha value is -3.83. The molecule has 1 aliphatic rings. The number of aromatic amines is 1. The lowest BCUT2D eigenvalue weighted by atomic mass is 10.1. The van der Waals surface area contributed by atoms with Crippen LogP contribution in [0.4, 0.5) is 0 Å². The summed E-state index contributed by atoms with van der Waals surface area (Å²) < 4.78 is 32.6. The quantitative estimate of drug-likeness (QED) is 0.393. The molecule has 0 spiro atoms. The number of aromatic nitrogens is 4. The number of hydrogen-bond acceptors (Lipinski definition) is 7. The topological polar surface area (TPSA) is 130 Å². The molecule has 1 aromatic carbocycles. The average Bonchev–Trinajstić information content (AvgIpc) is 3.18. The first-order valence-corrected chi connectivity index (χ1v) is 13.1. The summed E-state index contributed by atoms with van der Waals surface area (Å²) in [5.41, 5.74) is 4.03. The molecule has 0 radical (unpaired) electrons. The lowest BCUT2D eigenvalue weighted by Gasteiger charge is -2.19. The molecule has 1 saturated heterocycles. The average molecular weight is 507 g/mol. The lowest BCUT2D eigenvalue weighted by Crippen LogP contribution is -2.34. The Bertz CT molecular complexity index is 1500. The van der Waals surface area contributed by atoms with Crippen molar-refractivity contribution < 1.29 is 17.9 Å². The maximum absolute atomic E-state index is 13.0. The number of ether oxygens (including phenoxy) is 1. The molecule has 0 aliphatic carbocycles. The second kappa shape index (κ2) is 10.0. The molecule has 1 aliphatic heterocycles. The first kappa shape index (κ1) is 23.9. The number of nitrogens with zero attached hydrogens (tertiary/aromatic N) is 4. The number of sulfonamides is 1. The monoisotopic (exact) mass is 506 g/mol. The third-order valence-corrected chi connectivity index (χ3v) is 8.04. The van der Waals surface area contributed by atoms with Crippen LogP contribution in [0.3, 0.4) is 0 Å². The maximum atomic E-state index is 13.0. The molecule has 2 N–H and O–H groups in total. The van der Waals surface area contributed by atoms with Crippen molar-refractivity contribution in [3.05, 3.63) is 66.4 Å². The van der Waals surface area contributed by atoms with Crippen molar-refractivity contribution in [2.45, 2.75) is 24.2 Å². The number of fused-ring (bicyclic) bond motifs is 1. The summed E-state index contributed by atoms with van der Waals surface area (Å²) in [7, 11) is -2.05. The highest BCUT2D eigenvalue weighted by molar-refractivity contribution is 7.89. The Morgan fingerprint density at radius 1 is 1.03 bits per heavy atom. The van der Waals surface area contributed by atoms with Crippen LogP contribution < -0.4 is 10.1 Å². The van der Waals surface area contributed by atoms with Crippen LogP contribution >= 0.6 is 0 Å². The van der Waals surface area contributed by atoms with E-state index in [4.69, 9.17) is 4.74 Å². The van der Waals surface area contributed by atoms with E-state index in [2.05, 4.69) is 25.3 Å². The standard InChI is InChI=1S/C25H26N6O4S/c1-35-20-8-10-26-19(15-20)4-7-23-29-22-14-18(16-28-25(22)30-23)17-2-5-21(6-3-17)36(33,34)31-12-9-24(32)27-11-13-31/h2-3,5-6,8,10,14-16H,4,7,9,11-13H2,1H3,(H,27,32)(H,28,29,30). The zero-order valence-corrected chi connectivity index (χ0v) is 20.6. The molecular formula is C25H26N6O4S. The number of rotatable bonds is 7. The van der Waals surface area contributed by atoms with E-state index < -0.39 is 10.0 Å². The third kappa shape index (κ3) is 5.07. The van der Waals surface area contributed by atoms with E-state index in [9.17, 15) is 13.2 Å². The number of pyridine rings is 2. The number of benzene rings is 1. The highest BCUT2D eigenvalue weighted by Gasteiger charge is 2.26. The van der Waals surface area contributed by atoms with E-state index in [1.807, 2.05) is 18.2 Å². The van der Waals surface area contributed by atoms with Gasteiger partial charge in [-0.2, -0.15) is 4.31 Å². The molecule has 4 aromatic rings. The molecule has 1 amide bonds. The van der Waals surface area contributed by atoms with Crippen molar-refractivity contribution in [3.8, 4) is 16.9 Å². The third-order valence-electron chi connectivity index (χ3n) is 6.13. The summed E-state index contributed by atoms with van der Waals surface area (Å²) >= 11 is 0. The molecule has 4 heterocycles. The summed E-state index contributed by atoms with van der Waals surface area (Å²) in [5, 5.41) is 2.70. The van der Waals surface area contributed by atoms with Crippen LogP contribution in [-0.2, 0) is 27.7 Å². The fourth-order valence-corrected chi connectivity index (χ4v) is 5.59. The molecular weight excluding hydrogens is 480 g/mol. The Morgan fingerprint density at radius 3 is 2.67 bits per heavy atom. The van der Waals surface area contributed by atoms with Crippen LogP contribution in [0.5, 0.6) is 5.75 Å². The second-order valence-electron chi connectivity index (χ2n) is 8.49. The molecule has 0 unspecified atom stereocenters. The highest BCUT2D eigenvalue weighted by Crippen LogP contribution is 2.25. The molecule has 11 heteroatoms. The van der Waals surface area contributed by atoms with E-state index in [1.165, 1.54) is 4.31 Å². The number of methoxy groups -OCH3 is 1. The van der Waals surface area contributed by atoms with Crippen molar-refractivity contribution in [2.24, 2.45) is 0 Å². The molecule has 36 heavy (non-hydrogen) atoms. The summed E-state index contributed by atoms with van der Waals surface area (Å²) in [6.45, 7) is 0.739. The van der Waals surface area contributed by atoms with Gasteiger partial charge < -0.3 is 15.0 Å². The Morgan fingerprint density at radius 2 is 1.86 bits per heavy atom. The minimum atomic E-state index is -3.68. The summed E-state index contributed by atoms with van der Waals surface area (Å²) in [6, 6.07) is 12.4. The molecule has 5 rings (SSSR count). The Balaban J connectivity index is 1.31. The van der Waals surface area contributed by atoms with E-state index in [-0.39, 0.29) is 30.3 Å². The van der Waals surface area contributed by atoms with Gasteiger partial charge in [0, 0.05) is 62.2 Å². The number of aryl methyl sites for hydroxylation is 2. The predicted octanol–water partition coefficient (Wildman–Crippen LogP) is 2.32. The van der Waals surface area contributed by atoms with Gasteiger partial charge in [-0.05, 0) is 36.2 Å². The fraction of sp³-hybridized carbons (Fsp3) is 0.280. The predicted molar refractivity (Wildman–Crippen MR) is 134 cm³/mol. The number of nitrogens with one attached hydrogen (secondary N) is 2. The van der Waals surface area contributed by atoms with Crippen LogP contribution in [0.25, 0.3) is 22.3 Å². The first-order chi connectivity index (χ1) is 17.4. The molecule has 0 atom stereocenters. The van der Waals surface area contributed by atoms with Gasteiger partial charge in [0.25, 0.3) is 0 Å². The minimum Gasteiger partial charge on any atom is -0.497 e. The number of carbonyl (C=O) groups excluding carboxylic acids is 1. The van der Waals surface area contributed by atoms with Crippen LogP contribution in [-0.4, -0.2) is 65.3 Å². The number of amides is 1. The van der Waals surface area contributed by atoms with E-state index >= 15 is 0 Å². The first-order valence-electron chi connectivity index (χ1n) is 11.6. The Labute approximate surface area is 208 Å². The van der Waals surface area contributed by atoms with Crippen molar-refractivity contribution in [1.29, 1.82) is 0 Å². The smallest absolute Gasteiger partial charge is 0.243 e. The van der Waals surface area contributed by atoms with Gasteiger partial charge in [0.15, 0.2) is 5.65 Å². The van der Waals surface area contributed by atoms with Gasteiger partial charge in [0.05, 0.1) is 17.5 Å². The zero-order chi connectivity index (χ0) is 25.1. The van der Waals surface area contributed by atoms with Gasteiger partial charge >= 0.3 is 0 Å². The molecule has 3 aromatic heterocycles. The van der Waals surface area contributed by atoms with Gasteiger partial charge in [-0.3, -0.25) is 9.78 Å². The number of carbonyl (C=O) groups is 1. The highest BCUT2D eigenvalue weighted by atomic mass is 32.2. The van der Waals surface area contributed by atoms with Crippen molar-refractivity contribution in [2.75, 3.05) is 26.7 Å². The van der Waals surface area contributed by atoms with E-state index in [0.29, 0.717) is 25.0 Å². The fourth-order valence-electron chi connectivity index (χ4n) is 4.15. The number of H-pyrrole nitrogens is 1. The zero-order valence-electron chi connectivity index (χ0n) is 19.8. The minimum absolute atomic E-state index is 0.134. The van der Waals surface area contributed by atoms with Crippen molar-refractivity contribution >= 4 is 27.1 Å². The molecule has 1 fully saturated rings. The second-order valence-corrected chi connectivity index (χ2v) is 10.4. The largest absolute Gasteiger partial charge is 0.497 e. The van der Waals surface area contributed by atoms with E-state index in [0.717, 1.165) is 33.9 Å². The van der Waals surface area contributed by atoms with Crippen LogP contribution in [0.15, 0.2) is 59.8 Å².